The smallest absolute Gasteiger partial charge is 0.340 e. The molecule has 0 aliphatic rings. The van der Waals surface area contributed by atoms with Crippen LogP contribution in [0, 0.1) is 0 Å². The molecule has 0 saturated heterocycles. The highest BCUT2D eigenvalue weighted by molar-refractivity contribution is 5.95. The third kappa shape index (κ3) is 4.10. The van der Waals surface area contributed by atoms with Crippen LogP contribution in [-0.4, -0.2) is 18.6 Å². The Hall–Kier alpha value is -1.51. The standard InChI is InChI=1S/C14H21NO2/c1-4-8-11(3)15-13-10-7-6-9-12(13)14(16)17-5-2/h6-7,9-11,15H,4-5,8H2,1-3H3. The molecule has 0 aromatic heterocycles. The van der Waals surface area contributed by atoms with Crippen LogP contribution < -0.4 is 5.32 Å². The lowest BCUT2D eigenvalue weighted by molar-refractivity contribution is 0.0527. The number of esters is 1. The lowest BCUT2D eigenvalue weighted by atomic mass is 10.1. The second-order valence-corrected chi connectivity index (χ2v) is 4.10. The molecule has 0 amide bonds. The van der Waals surface area contributed by atoms with E-state index in [1.54, 1.807) is 6.07 Å². The summed E-state index contributed by atoms with van der Waals surface area (Å²) >= 11 is 0. The molecule has 1 unspecified atom stereocenters. The van der Waals surface area contributed by atoms with E-state index >= 15 is 0 Å². The summed E-state index contributed by atoms with van der Waals surface area (Å²) < 4.78 is 5.03. The van der Waals surface area contributed by atoms with Crippen molar-refractivity contribution in [3.8, 4) is 0 Å². The van der Waals surface area contributed by atoms with Gasteiger partial charge in [0.2, 0.25) is 0 Å². The maximum absolute atomic E-state index is 11.7. The third-order valence-corrected chi connectivity index (χ3v) is 2.55. The number of ether oxygens (including phenoxy) is 1. The van der Waals surface area contributed by atoms with Crippen molar-refractivity contribution in [2.45, 2.75) is 39.7 Å². The summed E-state index contributed by atoms with van der Waals surface area (Å²) in [5, 5.41) is 3.35. The van der Waals surface area contributed by atoms with Crippen LogP contribution in [-0.2, 0) is 4.74 Å². The number of anilines is 1. The molecule has 0 radical (unpaired) electrons. The van der Waals surface area contributed by atoms with Crippen molar-refractivity contribution in [3.05, 3.63) is 29.8 Å². The van der Waals surface area contributed by atoms with E-state index in [4.69, 9.17) is 4.74 Å². The van der Waals surface area contributed by atoms with Crippen LogP contribution in [0.25, 0.3) is 0 Å². The number of hydrogen-bond donors (Lipinski definition) is 1. The molecular weight excluding hydrogens is 214 g/mol. The maximum Gasteiger partial charge on any atom is 0.340 e. The topological polar surface area (TPSA) is 38.3 Å². The molecule has 0 saturated carbocycles. The quantitative estimate of drug-likeness (QED) is 0.767. The van der Waals surface area contributed by atoms with E-state index < -0.39 is 0 Å². The van der Waals surface area contributed by atoms with Crippen LogP contribution in [0.4, 0.5) is 5.69 Å². The molecule has 94 valence electrons. The van der Waals surface area contributed by atoms with Crippen molar-refractivity contribution in [3.63, 3.8) is 0 Å². The second kappa shape index (κ2) is 6.94. The van der Waals surface area contributed by atoms with Crippen LogP contribution in [0.2, 0.25) is 0 Å². The zero-order valence-electron chi connectivity index (χ0n) is 10.8. The average Bonchev–Trinajstić information content (AvgIpc) is 2.30. The number of para-hydroxylation sites is 1. The van der Waals surface area contributed by atoms with E-state index in [0.29, 0.717) is 18.2 Å². The Morgan fingerprint density at radius 3 is 2.71 bits per heavy atom. The van der Waals surface area contributed by atoms with Gasteiger partial charge in [-0.1, -0.05) is 25.5 Å². The number of benzene rings is 1. The van der Waals surface area contributed by atoms with Gasteiger partial charge in [0.05, 0.1) is 12.2 Å². The Balaban J connectivity index is 2.80. The zero-order valence-corrected chi connectivity index (χ0v) is 10.8. The summed E-state index contributed by atoms with van der Waals surface area (Å²) in [5.41, 5.74) is 1.46. The molecule has 1 aromatic carbocycles. The first kappa shape index (κ1) is 13.6. The molecule has 0 bridgehead atoms. The van der Waals surface area contributed by atoms with E-state index in [9.17, 15) is 4.79 Å². The minimum atomic E-state index is -0.265. The number of nitrogens with one attached hydrogen (secondary N) is 1. The maximum atomic E-state index is 11.7. The van der Waals surface area contributed by atoms with Gasteiger partial charge in [0.15, 0.2) is 0 Å². The van der Waals surface area contributed by atoms with Crippen molar-refractivity contribution in [2.24, 2.45) is 0 Å². The number of rotatable bonds is 6. The summed E-state index contributed by atoms with van der Waals surface area (Å²) in [4.78, 5) is 11.7. The molecule has 3 nitrogen and oxygen atoms in total. The van der Waals surface area contributed by atoms with Crippen molar-refractivity contribution >= 4 is 11.7 Å². The largest absolute Gasteiger partial charge is 0.462 e. The fourth-order valence-electron chi connectivity index (χ4n) is 1.77. The second-order valence-electron chi connectivity index (χ2n) is 4.10. The van der Waals surface area contributed by atoms with Crippen LogP contribution in [0.15, 0.2) is 24.3 Å². The lowest BCUT2D eigenvalue weighted by Gasteiger charge is -2.16. The van der Waals surface area contributed by atoms with Gasteiger partial charge in [-0.05, 0) is 32.4 Å². The molecule has 1 aromatic rings. The minimum absolute atomic E-state index is 0.265. The van der Waals surface area contributed by atoms with E-state index in [2.05, 4.69) is 19.2 Å². The highest BCUT2D eigenvalue weighted by Crippen LogP contribution is 2.18. The number of carbonyl (C=O) groups is 1. The Labute approximate surface area is 103 Å². The molecule has 17 heavy (non-hydrogen) atoms. The summed E-state index contributed by atoms with van der Waals surface area (Å²) in [7, 11) is 0. The van der Waals surface area contributed by atoms with E-state index in [-0.39, 0.29) is 5.97 Å². The monoisotopic (exact) mass is 235 g/mol. The Kier molecular flexibility index (Phi) is 5.53. The van der Waals surface area contributed by atoms with Gasteiger partial charge in [-0.2, -0.15) is 0 Å². The van der Waals surface area contributed by atoms with Crippen LogP contribution >= 0.6 is 0 Å². The average molecular weight is 235 g/mol. The van der Waals surface area contributed by atoms with Gasteiger partial charge in [-0.25, -0.2) is 4.79 Å². The fraction of sp³-hybridized carbons (Fsp3) is 0.500. The predicted molar refractivity (Wildman–Crippen MR) is 70.4 cm³/mol. The third-order valence-electron chi connectivity index (χ3n) is 2.55. The Bertz CT molecular complexity index is 363. The Morgan fingerprint density at radius 1 is 1.35 bits per heavy atom. The normalized spacial score (nSPS) is 11.9. The number of carbonyl (C=O) groups excluding carboxylic acids is 1. The highest BCUT2D eigenvalue weighted by Gasteiger charge is 2.12. The molecule has 0 aliphatic heterocycles. The van der Waals surface area contributed by atoms with Gasteiger partial charge in [0.25, 0.3) is 0 Å². The molecule has 0 aliphatic carbocycles. The summed E-state index contributed by atoms with van der Waals surface area (Å²) in [6.07, 6.45) is 2.20. The van der Waals surface area contributed by atoms with Gasteiger partial charge >= 0.3 is 5.97 Å². The molecule has 3 heteroatoms. The zero-order chi connectivity index (χ0) is 12.7. The SMILES string of the molecule is CCCC(C)Nc1ccccc1C(=O)OCC. The van der Waals surface area contributed by atoms with Gasteiger partial charge in [-0.15, -0.1) is 0 Å². The summed E-state index contributed by atoms with van der Waals surface area (Å²) in [5.74, 6) is -0.265. The molecule has 1 atom stereocenters. The first-order valence-electron chi connectivity index (χ1n) is 6.21. The Morgan fingerprint density at radius 2 is 2.06 bits per heavy atom. The first-order chi connectivity index (χ1) is 8.19. The number of hydrogen-bond acceptors (Lipinski definition) is 3. The first-order valence-corrected chi connectivity index (χ1v) is 6.21. The minimum Gasteiger partial charge on any atom is -0.462 e. The van der Waals surface area contributed by atoms with Crippen LogP contribution in [0.5, 0.6) is 0 Å². The molecule has 0 fully saturated rings. The molecular formula is C14H21NO2. The van der Waals surface area contributed by atoms with Crippen molar-refractivity contribution in [1.82, 2.24) is 0 Å². The van der Waals surface area contributed by atoms with E-state index in [0.717, 1.165) is 18.5 Å². The molecule has 1 rings (SSSR count). The predicted octanol–water partition coefficient (Wildman–Crippen LogP) is 3.46. The van der Waals surface area contributed by atoms with Crippen molar-refractivity contribution in [2.75, 3.05) is 11.9 Å². The van der Waals surface area contributed by atoms with Crippen molar-refractivity contribution < 1.29 is 9.53 Å². The van der Waals surface area contributed by atoms with Crippen molar-refractivity contribution in [1.29, 1.82) is 0 Å². The van der Waals surface area contributed by atoms with Gasteiger partial charge in [0, 0.05) is 11.7 Å². The van der Waals surface area contributed by atoms with Crippen LogP contribution in [0.1, 0.15) is 44.0 Å². The lowest BCUT2D eigenvalue weighted by Crippen LogP contribution is -2.17. The van der Waals surface area contributed by atoms with Crippen LogP contribution in [0.3, 0.4) is 0 Å². The van der Waals surface area contributed by atoms with E-state index in [1.807, 2.05) is 25.1 Å². The van der Waals surface area contributed by atoms with E-state index in [1.165, 1.54) is 0 Å². The molecule has 0 spiro atoms. The molecule has 0 heterocycles. The fourth-order valence-corrected chi connectivity index (χ4v) is 1.77. The van der Waals surface area contributed by atoms with Gasteiger partial charge < -0.3 is 10.1 Å². The highest BCUT2D eigenvalue weighted by atomic mass is 16.5. The van der Waals surface area contributed by atoms with Gasteiger partial charge in [0.1, 0.15) is 0 Å². The molecule has 1 N–H and O–H groups in total. The summed E-state index contributed by atoms with van der Waals surface area (Å²) in [6.45, 7) is 6.48. The summed E-state index contributed by atoms with van der Waals surface area (Å²) in [6, 6.07) is 7.83. The van der Waals surface area contributed by atoms with Gasteiger partial charge in [-0.3, -0.25) is 0 Å².